The third kappa shape index (κ3) is 4.31. The predicted octanol–water partition coefficient (Wildman–Crippen LogP) is 2.85. The van der Waals surface area contributed by atoms with Crippen LogP contribution in [-0.2, 0) is 16.1 Å². The van der Waals surface area contributed by atoms with Crippen molar-refractivity contribution in [2.45, 2.75) is 20.4 Å². The number of halogens is 1. The van der Waals surface area contributed by atoms with Gasteiger partial charge in [0.05, 0.1) is 18.7 Å². The number of aliphatic hydroxyl groups excluding tert-OH is 1. The van der Waals surface area contributed by atoms with E-state index >= 15 is 0 Å². The maximum atomic E-state index is 13.6. The number of aryl methyl sites for hydroxylation is 2. The minimum Gasteiger partial charge on any atom is -0.395 e. The van der Waals surface area contributed by atoms with Crippen molar-refractivity contribution in [1.82, 2.24) is 14.7 Å². The third-order valence-corrected chi connectivity index (χ3v) is 6.55. The smallest absolute Gasteiger partial charge is 0.278 e. The van der Waals surface area contributed by atoms with Crippen LogP contribution in [0.1, 0.15) is 22.3 Å². The Bertz CT molecular complexity index is 1070. The molecule has 32 heavy (non-hydrogen) atoms. The van der Waals surface area contributed by atoms with Gasteiger partial charge < -0.3 is 10.0 Å². The van der Waals surface area contributed by atoms with Crippen LogP contribution in [0, 0.1) is 13.8 Å². The summed E-state index contributed by atoms with van der Waals surface area (Å²) in [5.74, 6) is -0.560. The van der Waals surface area contributed by atoms with Gasteiger partial charge in [-0.05, 0) is 36.6 Å². The lowest BCUT2D eigenvalue weighted by atomic mass is 9.97. The molecule has 1 N–H and O–H groups in total. The first-order valence-electron chi connectivity index (χ1n) is 10.9. The van der Waals surface area contributed by atoms with Crippen molar-refractivity contribution in [3.63, 3.8) is 0 Å². The van der Waals surface area contributed by atoms with Crippen molar-refractivity contribution in [2.75, 3.05) is 39.3 Å². The molecule has 2 amide bonds. The number of β-amino-alcohol motifs (C(OH)–C–C–N with tert-alkyl or cyclic N) is 1. The van der Waals surface area contributed by atoms with Crippen LogP contribution in [0.15, 0.2) is 48.2 Å². The molecular formula is C25H28ClN3O3. The molecule has 4 rings (SSSR count). The zero-order valence-corrected chi connectivity index (χ0v) is 19.2. The Balaban J connectivity index is 1.72. The van der Waals surface area contributed by atoms with E-state index in [-0.39, 0.29) is 25.0 Å². The molecule has 0 unspecified atom stereocenters. The quantitative estimate of drug-likeness (QED) is 0.681. The number of imide groups is 1. The van der Waals surface area contributed by atoms with Crippen LogP contribution in [0.25, 0.3) is 5.57 Å². The zero-order valence-electron chi connectivity index (χ0n) is 18.5. The molecule has 2 aliphatic heterocycles. The van der Waals surface area contributed by atoms with Crippen molar-refractivity contribution in [1.29, 1.82) is 0 Å². The van der Waals surface area contributed by atoms with Gasteiger partial charge in [-0.25, -0.2) is 0 Å². The van der Waals surface area contributed by atoms with E-state index in [9.17, 15) is 14.7 Å². The summed E-state index contributed by atoms with van der Waals surface area (Å²) in [4.78, 5) is 32.7. The van der Waals surface area contributed by atoms with E-state index in [2.05, 4.69) is 4.90 Å². The van der Waals surface area contributed by atoms with E-state index in [0.29, 0.717) is 35.9 Å². The minimum absolute atomic E-state index is 0.111. The number of benzene rings is 2. The number of carbonyl (C=O) groups is 2. The highest BCUT2D eigenvalue weighted by molar-refractivity contribution is 6.36. The van der Waals surface area contributed by atoms with Gasteiger partial charge in [-0.15, -0.1) is 0 Å². The lowest BCUT2D eigenvalue weighted by Gasteiger charge is -2.36. The predicted molar refractivity (Wildman–Crippen MR) is 125 cm³/mol. The summed E-state index contributed by atoms with van der Waals surface area (Å²) in [6.07, 6.45) is 0. The second-order valence-electron chi connectivity index (χ2n) is 8.38. The standard InChI is InChI=1S/C25H28ClN3O3/c1-17-7-8-20(18(2)15-17)22-23(28-11-9-27(10-12-28)13-14-30)25(32)29(24(22)31)16-19-5-3-4-6-21(19)26/h3-8,15,30H,9-14,16H2,1-2H3. The Morgan fingerprint density at radius 3 is 2.34 bits per heavy atom. The van der Waals surface area contributed by atoms with Crippen molar-refractivity contribution in [3.8, 4) is 0 Å². The summed E-state index contributed by atoms with van der Waals surface area (Å²) in [7, 11) is 0. The average molecular weight is 454 g/mol. The fraction of sp³-hybridized carbons (Fsp3) is 0.360. The molecule has 0 spiro atoms. The van der Waals surface area contributed by atoms with E-state index in [1.807, 2.05) is 55.1 Å². The van der Waals surface area contributed by atoms with Gasteiger partial charge in [-0.2, -0.15) is 0 Å². The summed E-state index contributed by atoms with van der Waals surface area (Å²) in [5.41, 5.74) is 4.55. The zero-order chi connectivity index (χ0) is 22.8. The van der Waals surface area contributed by atoms with Crippen LogP contribution in [0.3, 0.4) is 0 Å². The third-order valence-electron chi connectivity index (χ3n) is 6.19. The van der Waals surface area contributed by atoms with E-state index in [0.717, 1.165) is 35.3 Å². The first-order chi connectivity index (χ1) is 15.4. The van der Waals surface area contributed by atoms with Gasteiger partial charge in [0.25, 0.3) is 11.8 Å². The topological polar surface area (TPSA) is 64.1 Å². The number of nitrogens with zero attached hydrogens (tertiary/aromatic N) is 3. The number of rotatable bonds is 6. The molecular weight excluding hydrogens is 426 g/mol. The largest absolute Gasteiger partial charge is 0.395 e. The van der Waals surface area contributed by atoms with E-state index < -0.39 is 0 Å². The Morgan fingerprint density at radius 1 is 0.969 bits per heavy atom. The first-order valence-corrected chi connectivity index (χ1v) is 11.3. The molecule has 2 aromatic carbocycles. The number of carbonyl (C=O) groups excluding carboxylic acids is 2. The Labute approximate surface area is 193 Å². The highest BCUT2D eigenvalue weighted by Crippen LogP contribution is 2.35. The Hall–Kier alpha value is -2.67. The van der Waals surface area contributed by atoms with E-state index in [1.165, 1.54) is 4.90 Å². The van der Waals surface area contributed by atoms with Crippen LogP contribution in [-0.4, -0.2) is 71.0 Å². The molecule has 2 aromatic rings. The molecule has 1 saturated heterocycles. The van der Waals surface area contributed by atoms with E-state index in [1.54, 1.807) is 6.07 Å². The lowest BCUT2D eigenvalue weighted by Crippen LogP contribution is -2.48. The highest BCUT2D eigenvalue weighted by atomic mass is 35.5. The summed E-state index contributed by atoms with van der Waals surface area (Å²) < 4.78 is 0. The van der Waals surface area contributed by atoms with Crippen LogP contribution in [0.5, 0.6) is 0 Å². The number of piperazine rings is 1. The first kappa shape index (κ1) is 22.5. The molecule has 168 valence electrons. The molecule has 0 aromatic heterocycles. The van der Waals surface area contributed by atoms with Gasteiger partial charge >= 0.3 is 0 Å². The second-order valence-corrected chi connectivity index (χ2v) is 8.79. The van der Waals surface area contributed by atoms with Gasteiger partial charge in [0.1, 0.15) is 5.70 Å². The molecule has 0 saturated carbocycles. The number of hydrogen-bond acceptors (Lipinski definition) is 5. The normalized spacial score (nSPS) is 17.6. The maximum Gasteiger partial charge on any atom is 0.278 e. The van der Waals surface area contributed by atoms with Crippen molar-refractivity contribution >= 4 is 29.0 Å². The van der Waals surface area contributed by atoms with Gasteiger partial charge in [-0.3, -0.25) is 19.4 Å². The molecule has 2 heterocycles. The summed E-state index contributed by atoms with van der Waals surface area (Å²) in [6.45, 7) is 7.57. The Kier molecular flexibility index (Phi) is 6.65. The van der Waals surface area contributed by atoms with E-state index in [4.69, 9.17) is 11.6 Å². The van der Waals surface area contributed by atoms with Gasteiger partial charge in [0.15, 0.2) is 0 Å². The fourth-order valence-corrected chi connectivity index (χ4v) is 4.67. The average Bonchev–Trinajstić information content (AvgIpc) is 3.01. The number of amides is 2. The molecule has 0 bridgehead atoms. The van der Waals surface area contributed by atoms with Crippen LogP contribution in [0.4, 0.5) is 0 Å². The molecule has 6 nitrogen and oxygen atoms in total. The number of hydrogen-bond donors (Lipinski definition) is 1. The number of aliphatic hydroxyl groups is 1. The highest BCUT2D eigenvalue weighted by Gasteiger charge is 2.42. The fourth-order valence-electron chi connectivity index (χ4n) is 4.47. The summed E-state index contributed by atoms with van der Waals surface area (Å²) >= 11 is 6.33. The van der Waals surface area contributed by atoms with Gasteiger partial charge in [0.2, 0.25) is 0 Å². The van der Waals surface area contributed by atoms with Crippen molar-refractivity contribution in [2.24, 2.45) is 0 Å². The monoisotopic (exact) mass is 453 g/mol. The maximum absolute atomic E-state index is 13.6. The summed E-state index contributed by atoms with van der Waals surface area (Å²) in [5, 5.41) is 9.77. The van der Waals surface area contributed by atoms with Gasteiger partial charge in [-0.1, -0.05) is 53.6 Å². The van der Waals surface area contributed by atoms with Crippen LogP contribution in [0.2, 0.25) is 5.02 Å². The van der Waals surface area contributed by atoms with Crippen LogP contribution >= 0.6 is 11.6 Å². The lowest BCUT2D eigenvalue weighted by molar-refractivity contribution is -0.138. The molecule has 0 aliphatic carbocycles. The van der Waals surface area contributed by atoms with Crippen molar-refractivity contribution < 1.29 is 14.7 Å². The molecule has 7 heteroatoms. The molecule has 0 radical (unpaired) electrons. The molecule has 2 aliphatic rings. The second kappa shape index (κ2) is 9.45. The Morgan fingerprint density at radius 2 is 1.69 bits per heavy atom. The molecule has 0 atom stereocenters. The SMILES string of the molecule is Cc1ccc(C2=C(N3CCN(CCO)CC3)C(=O)N(Cc3ccccc3Cl)C2=O)c(C)c1. The van der Waals surface area contributed by atoms with Crippen molar-refractivity contribution in [3.05, 3.63) is 75.4 Å². The minimum atomic E-state index is -0.283. The summed E-state index contributed by atoms with van der Waals surface area (Å²) in [6, 6.07) is 13.2. The molecule has 1 fully saturated rings. The van der Waals surface area contributed by atoms with Gasteiger partial charge in [0, 0.05) is 37.7 Å². The van der Waals surface area contributed by atoms with Crippen LogP contribution < -0.4 is 0 Å².